The van der Waals surface area contributed by atoms with E-state index in [4.69, 9.17) is 23.2 Å². The van der Waals surface area contributed by atoms with Crippen LogP contribution in [0.15, 0.2) is 58.7 Å². The second kappa shape index (κ2) is 7.83. The standard InChI is InChI=1S/C17H13Cl2N3OS/c18-13-7-3-1-5-11(13)9-15-16(23)21-17(24-15)22-20-10-12-6-2-4-8-14(12)19/h1-8,10,15H,9H2,(H,21,22,23)/b20-10-/t15-/m1/s1. The second-order valence-corrected chi connectivity index (χ2v) is 7.07. The van der Waals surface area contributed by atoms with Crippen LogP contribution in [0.2, 0.25) is 10.0 Å². The van der Waals surface area contributed by atoms with Gasteiger partial charge in [-0.05, 0) is 24.1 Å². The number of nitrogens with zero attached hydrogens (tertiary/aromatic N) is 2. The zero-order valence-corrected chi connectivity index (χ0v) is 14.8. The smallest absolute Gasteiger partial charge is 0.239 e. The van der Waals surface area contributed by atoms with Gasteiger partial charge < -0.3 is 5.32 Å². The first kappa shape index (κ1) is 17.0. The van der Waals surface area contributed by atoms with Crippen molar-refractivity contribution < 1.29 is 4.79 Å². The predicted octanol–water partition coefficient (Wildman–Crippen LogP) is 4.16. The second-order valence-electron chi connectivity index (χ2n) is 5.06. The Kier molecular flexibility index (Phi) is 5.56. The first-order valence-electron chi connectivity index (χ1n) is 7.20. The lowest BCUT2D eigenvalue weighted by Gasteiger charge is -2.06. The molecule has 0 aliphatic carbocycles. The van der Waals surface area contributed by atoms with Crippen LogP contribution in [-0.4, -0.2) is 22.5 Å². The zero-order valence-electron chi connectivity index (χ0n) is 12.4. The summed E-state index contributed by atoms with van der Waals surface area (Å²) in [6.45, 7) is 0. The van der Waals surface area contributed by atoms with Gasteiger partial charge in [-0.2, -0.15) is 5.10 Å². The molecular formula is C17H13Cl2N3OS. The Morgan fingerprint density at radius 1 is 1.08 bits per heavy atom. The van der Waals surface area contributed by atoms with Crippen LogP contribution in [0.25, 0.3) is 0 Å². The third-order valence-corrected chi connectivity index (χ3v) is 5.18. The van der Waals surface area contributed by atoms with Crippen molar-refractivity contribution in [3.63, 3.8) is 0 Å². The van der Waals surface area contributed by atoms with E-state index in [9.17, 15) is 4.79 Å². The molecule has 0 spiro atoms. The fourth-order valence-corrected chi connectivity index (χ4v) is 3.52. The Morgan fingerprint density at radius 3 is 2.54 bits per heavy atom. The number of amidine groups is 1. The van der Waals surface area contributed by atoms with Crippen LogP contribution >= 0.6 is 35.0 Å². The molecule has 0 aromatic heterocycles. The topological polar surface area (TPSA) is 53.8 Å². The van der Waals surface area contributed by atoms with Crippen LogP contribution in [0, 0.1) is 0 Å². The number of halogens is 2. The Balaban J connectivity index is 1.66. The molecule has 0 saturated carbocycles. The molecule has 1 aliphatic heterocycles. The monoisotopic (exact) mass is 377 g/mol. The quantitative estimate of drug-likeness (QED) is 0.642. The van der Waals surface area contributed by atoms with Crippen LogP contribution in [0.4, 0.5) is 0 Å². The van der Waals surface area contributed by atoms with Crippen molar-refractivity contribution in [1.29, 1.82) is 0 Å². The maximum atomic E-state index is 12.1. The van der Waals surface area contributed by atoms with Crippen molar-refractivity contribution in [2.45, 2.75) is 11.7 Å². The van der Waals surface area contributed by atoms with E-state index in [0.717, 1.165) is 11.1 Å². The first-order valence-corrected chi connectivity index (χ1v) is 8.83. The maximum Gasteiger partial charge on any atom is 0.239 e. The summed E-state index contributed by atoms with van der Waals surface area (Å²) < 4.78 is 0. The van der Waals surface area contributed by atoms with Crippen LogP contribution in [0.3, 0.4) is 0 Å². The lowest BCUT2D eigenvalue weighted by molar-refractivity contribution is -0.118. The normalized spacial score (nSPS) is 19.2. The summed E-state index contributed by atoms with van der Waals surface area (Å²) in [5.74, 6) is -0.0911. The van der Waals surface area contributed by atoms with Crippen molar-refractivity contribution >= 4 is 52.3 Å². The maximum absolute atomic E-state index is 12.1. The van der Waals surface area contributed by atoms with Gasteiger partial charge in [-0.25, -0.2) is 0 Å². The Bertz CT molecular complexity index is 823. The summed E-state index contributed by atoms with van der Waals surface area (Å²) in [5.41, 5.74) is 1.71. The fourth-order valence-electron chi connectivity index (χ4n) is 2.17. The van der Waals surface area contributed by atoms with Gasteiger partial charge in [0.1, 0.15) is 0 Å². The minimum atomic E-state index is -0.265. The number of carbonyl (C=O) groups is 1. The molecule has 3 rings (SSSR count). The molecule has 2 aromatic carbocycles. The number of nitrogens with one attached hydrogen (secondary N) is 1. The summed E-state index contributed by atoms with van der Waals surface area (Å²) in [6, 6.07) is 14.8. The van der Waals surface area contributed by atoms with E-state index in [-0.39, 0.29) is 11.2 Å². The molecule has 0 radical (unpaired) electrons. The molecule has 24 heavy (non-hydrogen) atoms. The highest BCUT2D eigenvalue weighted by Crippen LogP contribution is 2.26. The summed E-state index contributed by atoms with van der Waals surface area (Å²) in [7, 11) is 0. The first-order chi connectivity index (χ1) is 11.6. The van der Waals surface area contributed by atoms with E-state index >= 15 is 0 Å². The third kappa shape index (κ3) is 4.17. The lowest BCUT2D eigenvalue weighted by atomic mass is 10.1. The van der Waals surface area contributed by atoms with Crippen molar-refractivity contribution in [3.05, 3.63) is 69.7 Å². The van der Waals surface area contributed by atoms with Crippen molar-refractivity contribution in [2.75, 3.05) is 0 Å². The minimum Gasteiger partial charge on any atom is -0.303 e. The number of thioether (sulfide) groups is 1. The Hall–Kier alpha value is -1.82. The molecule has 1 saturated heterocycles. The zero-order chi connectivity index (χ0) is 16.9. The molecule has 1 aliphatic rings. The molecule has 0 bridgehead atoms. The molecule has 1 amide bonds. The molecule has 0 unspecified atom stereocenters. The van der Waals surface area contributed by atoms with Gasteiger partial charge in [0.15, 0.2) is 5.17 Å². The molecular weight excluding hydrogens is 365 g/mol. The van der Waals surface area contributed by atoms with Gasteiger partial charge in [0.25, 0.3) is 0 Å². The van der Waals surface area contributed by atoms with Crippen LogP contribution < -0.4 is 5.32 Å². The molecule has 4 nitrogen and oxygen atoms in total. The number of carbonyl (C=O) groups excluding carboxylic acids is 1. The van der Waals surface area contributed by atoms with E-state index < -0.39 is 0 Å². The van der Waals surface area contributed by atoms with Gasteiger partial charge in [-0.15, -0.1) is 5.10 Å². The summed E-state index contributed by atoms with van der Waals surface area (Å²) in [6.07, 6.45) is 2.10. The lowest BCUT2D eigenvalue weighted by Crippen LogP contribution is -2.26. The Labute approximate surface area is 154 Å². The summed E-state index contributed by atoms with van der Waals surface area (Å²) in [5, 5.41) is 12.2. The third-order valence-electron chi connectivity index (χ3n) is 3.39. The number of benzene rings is 2. The average molecular weight is 378 g/mol. The Morgan fingerprint density at radius 2 is 1.79 bits per heavy atom. The molecule has 1 atom stereocenters. The number of rotatable bonds is 4. The minimum absolute atomic E-state index is 0.0911. The van der Waals surface area contributed by atoms with Gasteiger partial charge >= 0.3 is 0 Å². The van der Waals surface area contributed by atoms with Crippen molar-refractivity contribution in [3.8, 4) is 0 Å². The predicted molar refractivity (Wildman–Crippen MR) is 101 cm³/mol. The van der Waals surface area contributed by atoms with E-state index in [1.165, 1.54) is 11.8 Å². The average Bonchev–Trinajstić information content (AvgIpc) is 2.91. The van der Waals surface area contributed by atoms with Gasteiger partial charge in [-0.1, -0.05) is 71.4 Å². The molecule has 1 fully saturated rings. The highest BCUT2D eigenvalue weighted by atomic mass is 35.5. The van der Waals surface area contributed by atoms with Crippen LogP contribution in [-0.2, 0) is 11.2 Å². The van der Waals surface area contributed by atoms with Crippen LogP contribution in [0.5, 0.6) is 0 Å². The SMILES string of the molecule is O=C1N/C(=N/N=C\c2ccccc2Cl)S[C@@H]1Cc1ccccc1Cl. The van der Waals surface area contributed by atoms with Crippen molar-refractivity contribution in [1.82, 2.24) is 5.32 Å². The van der Waals surface area contributed by atoms with E-state index in [1.807, 2.05) is 42.5 Å². The fraction of sp³-hybridized carbons (Fsp3) is 0.118. The number of hydrogen-bond donors (Lipinski definition) is 1. The number of amides is 1. The van der Waals surface area contributed by atoms with E-state index in [1.54, 1.807) is 12.3 Å². The molecule has 7 heteroatoms. The molecule has 2 aromatic rings. The number of hydrogen-bond acceptors (Lipinski definition) is 4. The van der Waals surface area contributed by atoms with Crippen molar-refractivity contribution in [2.24, 2.45) is 10.2 Å². The van der Waals surface area contributed by atoms with E-state index in [0.29, 0.717) is 21.6 Å². The van der Waals surface area contributed by atoms with Crippen LogP contribution in [0.1, 0.15) is 11.1 Å². The van der Waals surface area contributed by atoms with Gasteiger partial charge in [0.2, 0.25) is 5.91 Å². The van der Waals surface area contributed by atoms with Gasteiger partial charge in [-0.3, -0.25) is 4.79 Å². The molecule has 122 valence electrons. The molecule has 1 N–H and O–H groups in total. The molecule has 1 heterocycles. The summed E-state index contributed by atoms with van der Waals surface area (Å²) in [4.78, 5) is 12.1. The summed E-state index contributed by atoms with van der Waals surface area (Å²) >= 11 is 13.5. The largest absolute Gasteiger partial charge is 0.303 e. The highest BCUT2D eigenvalue weighted by Gasteiger charge is 2.30. The van der Waals surface area contributed by atoms with Gasteiger partial charge in [0, 0.05) is 15.6 Å². The highest BCUT2D eigenvalue weighted by molar-refractivity contribution is 8.15. The van der Waals surface area contributed by atoms with E-state index in [2.05, 4.69) is 15.5 Å². The van der Waals surface area contributed by atoms with Gasteiger partial charge in [0.05, 0.1) is 11.5 Å².